The fraction of sp³-hybridized carbons (Fsp3) is 0.500. The van der Waals surface area contributed by atoms with Gasteiger partial charge in [-0.15, -0.1) is 0 Å². The number of aryl methyl sites for hydroxylation is 1. The Balaban J connectivity index is 2.86. The van der Waals surface area contributed by atoms with E-state index in [2.05, 4.69) is 0 Å². The Morgan fingerprint density at radius 2 is 1.88 bits per heavy atom. The Morgan fingerprint density at radius 3 is 2.38 bits per heavy atom. The number of methoxy groups -OCH3 is 1. The highest BCUT2D eigenvalue weighted by atomic mass is 35.5. The summed E-state index contributed by atoms with van der Waals surface area (Å²) < 4.78 is 5.09. The largest absolute Gasteiger partial charge is 0.495 e. The van der Waals surface area contributed by atoms with Gasteiger partial charge in [0.05, 0.1) is 12.1 Å². The molecule has 0 radical (unpaired) electrons. The van der Waals surface area contributed by atoms with Gasteiger partial charge in [0.15, 0.2) is 0 Å². The van der Waals surface area contributed by atoms with E-state index in [1.165, 1.54) is 0 Å². The molecule has 0 fully saturated rings. The molecule has 0 heterocycles. The maximum Gasteiger partial charge on any atom is 0.138 e. The van der Waals surface area contributed by atoms with Crippen LogP contribution < -0.4 is 10.5 Å². The van der Waals surface area contributed by atoms with Crippen molar-refractivity contribution in [2.24, 2.45) is 5.73 Å². The van der Waals surface area contributed by atoms with Gasteiger partial charge in [-0.05, 0) is 38.3 Å². The monoisotopic (exact) mass is 261 g/mol. The molecule has 90 valence electrons. The van der Waals surface area contributed by atoms with Crippen molar-refractivity contribution >= 4 is 23.2 Å². The number of rotatable bonds is 4. The lowest BCUT2D eigenvalue weighted by atomic mass is 9.96. The van der Waals surface area contributed by atoms with Gasteiger partial charge in [-0.1, -0.05) is 23.2 Å². The highest BCUT2D eigenvalue weighted by Gasteiger charge is 2.13. The molecule has 2 N–H and O–H groups in total. The lowest BCUT2D eigenvalue weighted by Crippen LogP contribution is -2.32. The average molecular weight is 262 g/mol. The molecule has 0 bridgehead atoms. The summed E-state index contributed by atoms with van der Waals surface area (Å²) in [5.41, 5.74) is 6.73. The zero-order valence-corrected chi connectivity index (χ0v) is 11.3. The van der Waals surface area contributed by atoms with Crippen LogP contribution in [0.1, 0.15) is 25.8 Å². The first kappa shape index (κ1) is 13.6. The minimum atomic E-state index is -0.199. The van der Waals surface area contributed by atoms with Crippen LogP contribution in [-0.2, 0) is 6.42 Å². The maximum absolute atomic E-state index is 6.13. The average Bonchev–Trinajstić information content (AvgIpc) is 2.17. The summed E-state index contributed by atoms with van der Waals surface area (Å²) in [4.78, 5) is 0. The Labute approximate surface area is 107 Å². The summed E-state index contributed by atoms with van der Waals surface area (Å²) in [5.74, 6) is 0.599. The first-order valence-corrected chi connectivity index (χ1v) is 5.90. The summed E-state index contributed by atoms with van der Waals surface area (Å²) in [6, 6.07) is 3.58. The second-order valence-electron chi connectivity index (χ2n) is 4.57. The summed E-state index contributed by atoms with van der Waals surface area (Å²) in [5, 5.41) is 1.25. The molecular formula is C12H17Cl2NO. The normalized spacial score (nSPS) is 11.6. The number of benzene rings is 1. The number of hydrogen-bond acceptors (Lipinski definition) is 2. The van der Waals surface area contributed by atoms with E-state index in [1.54, 1.807) is 13.2 Å². The van der Waals surface area contributed by atoms with Crippen LogP contribution in [0.4, 0.5) is 0 Å². The van der Waals surface area contributed by atoms with Crippen LogP contribution in [0.2, 0.25) is 10.0 Å². The SMILES string of the molecule is COc1cc(Cl)c(CCC(C)(C)N)cc1Cl. The topological polar surface area (TPSA) is 35.2 Å². The van der Waals surface area contributed by atoms with Crippen molar-refractivity contribution in [3.05, 3.63) is 27.7 Å². The van der Waals surface area contributed by atoms with Gasteiger partial charge >= 0.3 is 0 Å². The van der Waals surface area contributed by atoms with Crippen LogP contribution >= 0.6 is 23.2 Å². The smallest absolute Gasteiger partial charge is 0.138 e. The number of nitrogens with two attached hydrogens (primary N) is 1. The van der Waals surface area contributed by atoms with E-state index < -0.39 is 0 Å². The Kier molecular flexibility index (Phi) is 4.48. The number of hydrogen-bond donors (Lipinski definition) is 1. The van der Waals surface area contributed by atoms with Crippen LogP contribution in [-0.4, -0.2) is 12.6 Å². The van der Waals surface area contributed by atoms with Gasteiger partial charge in [0.1, 0.15) is 5.75 Å². The van der Waals surface area contributed by atoms with Crippen LogP contribution in [0, 0.1) is 0 Å². The first-order chi connectivity index (χ1) is 7.33. The first-order valence-electron chi connectivity index (χ1n) is 5.14. The predicted octanol–water partition coefficient (Wildman–Crippen LogP) is 3.67. The molecule has 0 amide bonds. The van der Waals surface area contributed by atoms with Gasteiger partial charge in [-0.2, -0.15) is 0 Å². The third-order valence-corrected chi connectivity index (χ3v) is 3.01. The van der Waals surface area contributed by atoms with Gasteiger partial charge in [-0.25, -0.2) is 0 Å². The molecule has 0 spiro atoms. The van der Waals surface area contributed by atoms with Crippen molar-refractivity contribution in [2.45, 2.75) is 32.2 Å². The summed E-state index contributed by atoms with van der Waals surface area (Å²) >= 11 is 12.2. The maximum atomic E-state index is 6.13. The van der Waals surface area contributed by atoms with E-state index in [-0.39, 0.29) is 5.54 Å². The zero-order valence-electron chi connectivity index (χ0n) is 9.81. The van der Waals surface area contributed by atoms with Crippen molar-refractivity contribution in [3.8, 4) is 5.75 Å². The Morgan fingerprint density at radius 1 is 1.25 bits per heavy atom. The molecule has 1 aromatic carbocycles. The molecule has 0 aliphatic heterocycles. The molecule has 0 aromatic heterocycles. The standard InChI is InChI=1S/C12H17Cl2NO/c1-12(2,15)5-4-8-6-10(14)11(16-3)7-9(8)13/h6-7H,4-5,15H2,1-3H3. The van der Waals surface area contributed by atoms with Crippen molar-refractivity contribution in [1.82, 2.24) is 0 Å². The second-order valence-corrected chi connectivity index (χ2v) is 5.38. The molecular weight excluding hydrogens is 245 g/mol. The Hall–Kier alpha value is -0.440. The molecule has 2 nitrogen and oxygen atoms in total. The van der Waals surface area contributed by atoms with Gasteiger partial charge in [-0.3, -0.25) is 0 Å². The molecule has 0 unspecified atom stereocenters. The van der Waals surface area contributed by atoms with E-state index >= 15 is 0 Å². The van der Waals surface area contributed by atoms with Gasteiger partial charge < -0.3 is 10.5 Å². The zero-order chi connectivity index (χ0) is 12.3. The van der Waals surface area contributed by atoms with Gasteiger partial charge in [0.25, 0.3) is 0 Å². The van der Waals surface area contributed by atoms with Crippen molar-refractivity contribution in [2.75, 3.05) is 7.11 Å². The highest BCUT2D eigenvalue weighted by molar-refractivity contribution is 6.34. The summed E-state index contributed by atoms with van der Waals surface area (Å²) in [6.45, 7) is 3.98. The molecule has 0 aliphatic rings. The van der Waals surface area contributed by atoms with Crippen LogP contribution in [0.3, 0.4) is 0 Å². The van der Waals surface area contributed by atoms with Gasteiger partial charge in [0.2, 0.25) is 0 Å². The van der Waals surface area contributed by atoms with Crippen LogP contribution in [0.5, 0.6) is 5.75 Å². The fourth-order valence-corrected chi connectivity index (χ4v) is 1.89. The third kappa shape index (κ3) is 3.85. The molecule has 4 heteroatoms. The van der Waals surface area contributed by atoms with Gasteiger partial charge in [0, 0.05) is 16.6 Å². The number of halogens is 2. The third-order valence-electron chi connectivity index (χ3n) is 2.36. The van der Waals surface area contributed by atoms with Crippen molar-refractivity contribution in [3.63, 3.8) is 0 Å². The van der Waals surface area contributed by atoms with E-state index in [4.69, 9.17) is 33.7 Å². The molecule has 1 rings (SSSR count). The molecule has 16 heavy (non-hydrogen) atoms. The summed E-state index contributed by atoms with van der Waals surface area (Å²) in [7, 11) is 1.57. The van der Waals surface area contributed by atoms with Crippen molar-refractivity contribution in [1.29, 1.82) is 0 Å². The second kappa shape index (κ2) is 5.26. The highest BCUT2D eigenvalue weighted by Crippen LogP contribution is 2.31. The van der Waals surface area contributed by atoms with Crippen LogP contribution in [0.15, 0.2) is 12.1 Å². The lowest BCUT2D eigenvalue weighted by Gasteiger charge is -2.18. The lowest BCUT2D eigenvalue weighted by molar-refractivity contribution is 0.414. The van der Waals surface area contributed by atoms with E-state index in [9.17, 15) is 0 Å². The molecule has 0 saturated carbocycles. The predicted molar refractivity (Wildman–Crippen MR) is 69.6 cm³/mol. The fourth-order valence-electron chi connectivity index (χ4n) is 1.37. The summed E-state index contributed by atoms with van der Waals surface area (Å²) in [6.07, 6.45) is 1.67. The number of ether oxygens (including phenoxy) is 1. The van der Waals surface area contributed by atoms with Crippen LogP contribution in [0.25, 0.3) is 0 Å². The quantitative estimate of drug-likeness (QED) is 0.898. The minimum absolute atomic E-state index is 0.199. The van der Waals surface area contributed by atoms with Crippen molar-refractivity contribution < 1.29 is 4.74 Å². The molecule has 0 atom stereocenters. The van der Waals surface area contributed by atoms with E-state index in [0.717, 1.165) is 18.4 Å². The Bertz CT molecular complexity index is 372. The minimum Gasteiger partial charge on any atom is -0.495 e. The molecule has 1 aromatic rings. The molecule has 0 aliphatic carbocycles. The molecule has 0 saturated heterocycles. The van der Waals surface area contributed by atoms with E-state index in [1.807, 2.05) is 19.9 Å². The van der Waals surface area contributed by atoms with E-state index in [0.29, 0.717) is 15.8 Å².